The van der Waals surface area contributed by atoms with Gasteiger partial charge >= 0.3 is 5.97 Å². The van der Waals surface area contributed by atoms with E-state index in [0.29, 0.717) is 12.8 Å². The number of aromatic nitrogens is 3. The third-order valence-corrected chi connectivity index (χ3v) is 6.58. The van der Waals surface area contributed by atoms with Crippen LogP contribution in [0.5, 0.6) is 0 Å². The van der Waals surface area contributed by atoms with E-state index in [-0.39, 0.29) is 17.6 Å². The number of carbonyl (C=O) groups is 1. The number of carboxylic acid groups (broad SMARTS) is 1. The molecule has 1 spiro atoms. The number of nitrogens with zero attached hydrogens (tertiary/aromatic N) is 3. The third-order valence-electron chi connectivity index (χ3n) is 6.58. The van der Waals surface area contributed by atoms with Crippen molar-refractivity contribution in [3.63, 3.8) is 0 Å². The van der Waals surface area contributed by atoms with E-state index in [1.165, 1.54) is 12.8 Å². The summed E-state index contributed by atoms with van der Waals surface area (Å²) < 4.78 is 1.91. The fourth-order valence-corrected chi connectivity index (χ4v) is 4.87. The second kappa shape index (κ2) is 6.73. The average Bonchev–Trinajstić information content (AvgIpc) is 3.38. The fourth-order valence-electron chi connectivity index (χ4n) is 4.87. The molecule has 3 N–H and O–H groups in total. The van der Waals surface area contributed by atoms with Gasteiger partial charge in [0.05, 0.1) is 28.4 Å². The summed E-state index contributed by atoms with van der Waals surface area (Å²) in [6, 6.07) is 0.133. The Kier molecular flexibility index (Phi) is 4.27. The van der Waals surface area contributed by atoms with Crippen molar-refractivity contribution in [3.05, 3.63) is 23.5 Å². The molecule has 3 aliphatic rings. The Morgan fingerprint density at radius 2 is 2.17 bits per heavy atom. The topological polar surface area (TPSA) is 101 Å². The van der Waals surface area contributed by atoms with Crippen molar-refractivity contribution in [1.82, 2.24) is 20.2 Å². The first-order valence-corrected chi connectivity index (χ1v) is 10.5. The Hall–Kier alpha value is -2.61. The van der Waals surface area contributed by atoms with Crippen LogP contribution in [0.4, 0.5) is 5.69 Å². The summed E-state index contributed by atoms with van der Waals surface area (Å²) in [7, 11) is 0. The molecule has 0 unspecified atom stereocenters. The lowest BCUT2D eigenvalue weighted by Gasteiger charge is -2.34. The van der Waals surface area contributed by atoms with Crippen molar-refractivity contribution in [2.24, 2.45) is 5.92 Å². The molecule has 2 aromatic heterocycles. The third kappa shape index (κ3) is 2.97. The molecule has 154 valence electrons. The minimum atomic E-state index is -0.713. The molecular weight excluding hydrogens is 370 g/mol. The van der Waals surface area contributed by atoms with Gasteiger partial charge in [-0.15, -0.1) is 0 Å². The molecule has 2 saturated carbocycles. The Labute approximate surface area is 169 Å². The van der Waals surface area contributed by atoms with Gasteiger partial charge in [0.25, 0.3) is 0 Å². The number of hydroxylamine groups is 1. The summed E-state index contributed by atoms with van der Waals surface area (Å²) in [6.45, 7) is 4.79. The maximum absolute atomic E-state index is 11.2. The molecule has 0 amide bonds. The quantitative estimate of drug-likeness (QED) is 0.712. The molecule has 2 fully saturated rings. The predicted octanol–water partition coefficient (Wildman–Crippen LogP) is 3.22. The Morgan fingerprint density at radius 1 is 1.41 bits per heavy atom. The van der Waals surface area contributed by atoms with E-state index >= 15 is 0 Å². The molecule has 8 heteroatoms. The molecule has 0 saturated heterocycles. The first kappa shape index (κ1) is 18.4. The van der Waals surface area contributed by atoms with Crippen molar-refractivity contribution >= 4 is 28.4 Å². The van der Waals surface area contributed by atoms with Crippen molar-refractivity contribution < 1.29 is 14.7 Å². The van der Waals surface area contributed by atoms with Gasteiger partial charge in [0, 0.05) is 24.3 Å². The number of aryl methyl sites for hydroxylation is 2. The van der Waals surface area contributed by atoms with Crippen LogP contribution >= 0.6 is 0 Å². The number of nitrogens with one attached hydrogen (secondary N) is 2. The molecule has 2 aromatic rings. The monoisotopic (exact) mass is 397 g/mol. The van der Waals surface area contributed by atoms with E-state index in [4.69, 9.17) is 9.82 Å². The molecule has 3 heterocycles. The fraction of sp³-hybridized carbons (Fsp3) is 0.571. The first-order valence-electron chi connectivity index (χ1n) is 10.5. The smallest absolute Gasteiger partial charge is 0.306 e. The van der Waals surface area contributed by atoms with Gasteiger partial charge in [-0.05, 0) is 45.6 Å². The number of hydrogen-bond donors (Lipinski definition) is 3. The maximum Gasteiger partial charge on any atom is 0.306 e. The molecule has 0 atom stereocenters. The Morgan fingerprint density at radius 3 is 2.86 bits per heavy atom. The van der Waals surface area contributed by atoms with Gasteiger partial charge in [0.1, 0.15) is 5.60 Å². The highest BCUT2D eigenvalue weighted by Gasteiger charge is 2.40. The van der Waals surface area contributed by atoms with Gasteiger partial charge < -0.3 is 10.4 Å². The van der Waals surface area contributed by atoms with Gasteiger partial charge in [0.15, 0.2) is 5.65 Å². The minimum absolute atomic E-state index is 0.133. The van der Waals surface area contributed by atoms with Crippen LogP contribution in [0.3, 0.4) is 0 Å². The molecule has 0 aromatic carbocycles. The largest absolute Gasteiger partial charge is 0.481 e. The normalized spacial score (nSPS) is 25.1. The lowest BCUT2D eigenvalue weighted by atomic mass is 9.80. The number of aliphatic carboxylic acids is 1. The predicted molar refractivity (Wildman–Crippen MR) is 109 cm³/mol. The molecule has 29 heavy (non-hydrogen) atoms. The summed E-state index contributed by atoms with van der Waals surface area (Å²) in [5.41, 5.74) is 7.56. The summed E-state index contributed by atoms with van der Waals surface area (Å²) in [5.74, 6) is -0.975. The van der Waals surface area contributed by atoms with Crippen LogP contribution in [0, 0.1) is 12.8 Å². The first-order chi connectivity index (χ1) is 14.0. The lowest BCUT2D eigenvalue weighted by Crippen LogP contribution is -2.39. The summed E-state index contributed by atoms with van der Waals surface area (Å²) in [5, 5.41) is 18.5. The van der Waals surface area contributed by atoms with Crippen molar-refractivity contribution in [2.45, 2.75) is 70.6 Å². The van der Waals surface area contributed by atoms with Crippen LogP contribution in [0.1, 0.15) is 56.7 Å². The van der Waals surface area contributed by atoms with Gasteiger partial charge in [-0.2, -0.15) is 5.10 Å². The van der Waals surface area contributed by atoms with Crippen LogP contribution in [-0.4, -0.2) is 37.5 Å². The highest BCUT2D eigenvalue weighted by Crippen LogP contribution is 2.42. The Bertz CT molecular complexity index is 999. The van der Waals surface area contributed by atoms with Crippen molar-refractivity contribution in [2.75, 3.05) is 5.32 Å². The zero-order valence-electron chi connectivity index (χ0n) is 16.9. The zero-order chi connectivity index (χ0) is 20.2. The minimum Gasteiger partial charge on any atom is -0.481 e. The van der Waals surface area contributed by atoms with E-state index in [1.54, 1.807) is 0 Å². The van der Waals surface area contributed by atoms with Crippen LogP contribution < -0.4 is 10.8 Å². The number of rotatable bonds is 5. The highest BCUT2D eigenvalue weighted by molar-refractivity contribution is 5.98. The second-order valence-electron chi connectivity index (χ2n) is 8.53. The maximum atomic E-state index is 11.2. The number of hydrogen-bond acceptors (Lipinski definition) is 6. The van der Waals surface area contributed by atoms with E-state index in [2.05, 4.69) is 28.9 Å². The van der Waals surface area contributed by atoms with E-state index < -0.39 is 5.97 Å². The molecule has 5 rings (SSSR count). The Balaban J connectivity index is 1.56. The second-order valence-corrected chi connectivity index (χ2v) is 8.53. The van der Waals surface area contributed by atoms with Gasteiger partial charge in [0.2, 0.25) is 0 Å². The van der Waals surface area contributed by atoms with E-state index in [0.717, 1.165) is 53.1 Å². The van der Waals surface area contributed by atoms with Crippen molar-refractivity contribution in [1.29, 1.82) is 0 Å². The molecule has 8 nitrogen and oxygen atoms in total. The number of anilines is 1. The molecule has 1 aliphatic heterocycles. The van der Waals surface area contributed by atoms with Crippen LogP contribution in [0.15, 0.2) is 12.3 Å². The lowest BCUT2D eigenvalue weighted by molar-refractivity contribution is -0.144. The number of fused-ring (bicyclic) bond motifs is 1. The average molecular weight is 397 g/mol. The van der Waals surface area contributed by atoms with E-state index in [1.807, 2.05) is 17.8 Å². The molecular formula is C21H27N5O3. The number of carboxylic acids is 1. The van der Waals surface area contributed by atoms with Crippen molar-refractivity contribution in [3.8, 4) is 0 Å². The summed E-state index contributed by atoms with van der Waals surface area (Å²) >= 11 is 0. The van der Waals surface area contributed by atoms with Gasteiger partial charge in [-0.25, -0.2) is 9.67 Å². The molecule has 0 radical (unpaired) electrons. The summed E-state index contributed by atoms with van der Waals surface area (Å²) in [6.07, 6.45) is 9.74. The van der Waals surface area contributed by atoms with Crippen LogP contribution in [-0.2, 0) is 16.2 Å². The zero-order valence-corrected chi connectivity index (χ0v) is 16.9. The molecule has 2 aliphatic carbocycles. The van der Waals surface area contributed by atoms with Crippen LogP contribution in [0.25, 0.3) is 16.7 Å². The number of pyridine rings is 1. The van der Waals surface area contributed by atoms with E-state index in [9.17, 15) is 9.90 Å². The SMILES string of the molecule is CCn1nc(C)c2c(NC3CC(C(=O)O)C3)c(C3=CC4(CCCC4)ON3)cnc21. The van der Waals surface area contributed by atoms with Crippen LogP contribution in [0.2, 0.25) is 0 Å². The standard InChI is InChI=1S/C21H27N5O3/c1-3-26-19-17(12(2)24-26)18(23-14-8-13(9-14)20(27)28)15(11-22-19)16-10-21(29-25-16)6-4-5-7-21/h10-11,13-14,25H,3-9H2,1-2H3,(H,22,23)(H,27,28). The van der Waals surface area contributed by atoms with Gasteiger partial charge in [-0.3, -0.25) is 15.1 Å². The summed E-state index contributed by atoms with van der Waals surface area (Å²) in [4.78, 5) is 21.9. The van der Waals surface area contributed by atoms with Gasteiger partial charge in [-0.1, -0.05) is 12.8 Å². The molecule has 0 bridgehead atoms. The highest BCUT2D eigenvalue weighted by atomic mass is 16.7.